The van der Waals surface area contributed by atoms with E-state index in [4.69, 9.17) is 9.84 Å². The van der Waals surface area contributed by atoms with Gasteiger partial charge >= 0.3 is 5.97 Å². The number of ether oxygens (including phenoxy) is 1. The third-order valence-electron chi connectivity index (χ3n) is 1.96. The van der Waals surface area contributed by atoms with Gasteiger partial charge in [0.05, 0.1) is 6.10 Å². The lowest BCUT2D eigenvalue weighted by Gasteiger charge is -2.10. The SMILES string of the molecule is C=CC(CC)OC(=O)C(=C)C.C=CC(O)CC. The zero-order valence-corrected chi connectivity index (χ0v) is 11.1. The van der Waals surface area contributed by atoms with E-state index in [1.54, 1.807) is 13.0 Å². The molecule has 0 aromatic carbocycles. The molecule has 0 aliphatic heterocycles. The highest BCUT2D eigenvalue weighted by Gasteiger charge is 2.08. The third kappa shape index (κ3) is 10.9. The van der Waals surface area contributed by atoms with Crippen molar-refractivity contribution in [1.82, 2.24) is 0 Å². The van der Waals surface area contributed by atoms with Crippen LogP contribution < -0.4 is 0 Å². The molecule has 0 heterocycles. The van der Waals surface area contributed by atoms with Crippen LogP contribution in [0.5, 0.6) is 0 Å². The van der Waals surface area contributed by atoms with Crippen molar-refractivity contribution in [1.29, 1.82) is 0 Å². The zero-order valence-electron chi connectivity index (χ0n) is 11.1. The highest BCUT2D eigenvalue weighted by atomic mass is 16.5. The molecule has 0 aliphatic rings. The summed E-state index contributed by atoms with van der Waals surface area (Å²) in [6.07, 6.45) is 4.18. The summed E-state index contributed by atoms with van der Waals surface area (Å²) in [5.74, 6) is -0.350. The summed E-state index contributed by atoms with van der Waals surface area (Å²) in [4.78, 5) is 10.9. The minimum atomic E-state index is -0.350. The van der Waals surface area contributed by atoms with Crippen LogP contribution in [0, 0.1) is 0 Å². The maximum atomic E-state index is 10.9. The van der Waals surface area contributed by atoms with Crippen molar-refractivity contribution in [2.75, 3.05) is 0 Å². The van der Waals surface area contributed by atoms with Gasteiger partial charge in [0.1, 0.15) is 6.10 Å². The Morgan fingerprint density at radius 2 is 1.82 bits per heavy atom. The van der Waals surface area contributed by atoms with Gasteiger partial charge < -0.3 is 9.84 Å². The number of esters is 1. The molecule has 0 bridgehead atoms. The lowest BCUT2D eigenvalue weighted by Crippen LogP contribution is -2.14. The monoisotopic (exact) mass is 240 g/mol. The second kappa shape index (κ2) is 11.1. The van der Waals surface area contributed by atoms with Crippen LogP contribution in [0.15, 0.2) is 37.5 Å². The molecule has 0 amide bonds. The van der Waals surface area contributed by atoms with Crippen molar-refractivity contribution < 1.29 is 14.6 Å². The number of aliphatic hydroxyl groups excluding tert-OH is 1. The fourth-order valence-corrected chi connectivity index (χ4v) is 0.703. The van der Waals surface area contributed by atoms with Gasteiger partial charge in [0.15, 0.2) is 0 Å². The molecule has 1 N–H and O–H groups in total. The topological polar surface area (TPSA) is 46.5 Å². The molecule has 3 nitrogen and oxygen atoms in total. The largest absolute Gasteiger partial charge is 0.455 e. The molecule has 2 unspecified atom stereocenters. The van der Waals surface area contributed by atoms with Crippen molar-refractivity contribution in [3.8, 4) is 0 Å². The Kier molecular flexibility index (Phi) is 11.8. The van der Waals surface area contributed by atoms with Gasteiger partial charge in [-0.25, -0.2) is 4.79 Å². The summed E-state index contributed by atoms with van der Waals surface area (Å²) in [6.45, 7) is 15.8. The Balaban J connectivity index is 0. The molecule has 17 heavy (non-hydrogen) atoms. The molecular weight excluding hydrogens is 216 g/mol. The molecule has 0 saturated carbocycles. The van der Waals surface area contributed by atoms with Crippen LogP contribution in [0.25, 0.3) is 0 Å². The highest BCUT2D eigenvalue weighted by molar-refractivity contribution is 5.87. The number of carbonyl (C=O) groups excluding carboxylic acids is 1. The predicted molar refractivity (Wildman–Crippen MR) is 71.7 cm³/mol. The lowest BCUT2D eigenvalue weighted by molar-refractivity contribution is -0.142. The third-order valence-corrected chi connectivity index (χ3v) is 1.96. The molecule has 0 saturated heterocycles. The van der Waals surface area contributed by atoms with Crippen molar-refractivity contribution in [2.45, 2.75) is 45.8 Å². The number of hydrogen-bond donors (Lipinski definition) is 1. The van der Waals surface area contributed by atoms with Gasteiger partial charge in [-0.15, -0.1) is 6.58 Å². The minimum Gasteiger partial charge on any atom is -0.455 e. The van der Waals surface area contributed by atoms with Gasteiger partial charge in [-0.1, -0.05) is 39.2 Å². The van der Waals surface area contributed by atoms with Gasteiger partial charge in [-0.05, 0) is 19.8 Å². The number of carbonyl (C=O) groups is 1. The van der Waals surface area contributed by atoms with E-state index >= 15 is 0 Å². The maximum absolute atomic E-state index is 10.9. The van der Waals surface area contributed by atoms with Crippen LogP contribution in [-0.2, 0) is 9.53 Å². The van der Waals surface area contributed by atoms with E-state index in [1.807, 2.05) is 13.8 Å². The van der Waals surface area contributed by atoms with Crippen LogP contribution in [0.4, 0.5) is 0 Å². The Bertz CT molecular complexity index is 256. The van der Waals surface area contributed by atoms with Crippen molar-refractivity contribution >= 4 is 5.97 Å². The number of aliphatic hydroxyl groups is 1. The van der Waals surface area contributed by atoms with Gasteiger partial charge in [0.25, 0.3) is 0 Å². The van der Waals surface area contributed by atoms with Crippen LogP contribution in [-0.4, -0.2) is 23.3 Å². The second-order valence-electron chi connectivity index (χ2n) is 3.58. The fraction of sp³-hybridized carbons (Fsp3) is 0.500. The smallest absolute Gasteiger partial charge is 0.333 e. The van der Waals surface area contributed by atoms with Crippen LogP contribution >= 0.6 is 0 Å². The Labute approximate surface area is 104 Å². The molecule has 0 fully saturated rings. The van der Waals surface area contributed by atoms with Gasteiger partial charge in [0.2, 0.25) is 0 Å². The van der Waals surface area contributed by atoms with Crippen LogP contribution in [0.1, 0.15) is 33.6 Å². The highest BCUT2D eigenvalue weighted by Crippen LogP contribution is 2.02. The molecule has 0 aromatic heterocycles. The first-order valence-electron chi connectivity index (χ1n) is 5.72. The van der Waals surface area contributed by atoms with Gasteiger partial charge in [-0.2, -0.15) is 0 Å². The maximum Gasteiger partial charge on any atom is 0.333 e. The summed E-state index contributed by atoms with van der Waals surface area (Å²) >= 11 is 0. The Morgan fingerprint density at radius 1 is 1.29 bits per heavy atom. The summed E-state index contributed by atoms with van der Waals surface area (Å²) in [5, 5.41) is 8.55. The number of rotatable bonds is 6. The van der Waals surface area contributed by atoms with Crippen LogP contribution in [0.3, 0.4) is 0 Å². The molecule has 0 rings (SSSR count). The molecular formula is C14H24O3. The van der Waals surface area contributed by atoms with E-state index in [0.29, 0.717) is 5.57 Å². The summed E-state index contributed by atoms with van der Waals surface area (Å²) in [6, 6.07) is 0. The first kappa shape index (κ1) is 18.0. The summed E-state index contributed by atoms with van der Waals surface area (Å²) < 4.78 is 4.95. The molecule has 0 aromatic rings. The molecule has 2 atom stereocenters. The normalized spacial score (nSPS) is 12.5. The van der Waals surface area contributed by atoms with Gasteiger partial charge in [-0.3, -0.25) is 0 Å². The minimum absolute atomic E-state index is 0.181. The van der Waals surface area contributed by atoms with E-state index in [2.05, 4.69) is 19.7 Å². The van der Waals surface area contributed by atoms with E-state index in [-0.39, 0.29) is 18.2 Å². The quantitative estimate of drug-likeness (QED) is 0.441. The molecule has 98 valence electrons. The van der Waals surface area contributed by atoms with Crippen molar-refractivity contribution in [2.24, 2.45) is 0 Å². The lowest BCUT2D eigenvalue weighted by atomic mass is 10.2. The average molecular weight is 240 g/mol. The summed E-state index contributed by atoms with van der Waals surface area (Å²) in [5.41, 5.74) is 0.422. The van der Waals surface area contributed by atoms with E-state index in [0.717, 1.165) is 12.8 Å². The van der Waals surface area contributed by atoms with Crippen molar-refractivity contribution in [3.05, 3.63) is 37.5 Å². The first-order valence-corrected chi connectivity index (χ1v) is 5.72. The Hall–Kier alpha value is -1.35. The van der Waals surface area contributed by atoms with Crippen LogP contribution in [0.2, 0.25) is 0 Å². The first-order chi connectivity index (χ1) is 7.92. The molecule has 0 radical (unpaired) electrons. The average Bonchev–Trinajstić information content (AvgIpc) is 2.34. The molecule has 0 spiro atoms. The fourth-order valence-electron chi connectivity index (χ4n) is 0.703. The standard InChI is InChI=1S/C9H14O2.C5H10O/c1-5-8(6-2)11-9(10)7(3)4;1-3-5(6)4-2/h5,8H,1,3,6H2,2,4H3;3,5-6H,1,4H2,2H3. The van der Waals surface area contributed by atoms with E-state index < -0.39 is 0 Å². The molecule has 3 heteroatoms. The Morgan fingerprint density at radius 3 is 2.00 bits per heavy atom. The number of hydrogen-bond acceptors (Lipinski definition) is 3. The molecule has 0 aliphatic carbocycles. The second-order valence-corrected chi connectivity index (χ2v) is 3.58. The predicted octanol–water partition coefficient (Wildman–Crippen LogP) is 3.01. The zero-order chi connectivity index (χ0) is 13.8. The van der Waals surface area contributed by atoms with E-state index in [9.17, 15) is 4.79 Å². The summed E-state index contributed by atoms with van der Waals surface area (Å²) in [7, 11) is 0. The van der Waals surface area contributed by atoms with Gasteiger partial charge in [0, 0.05) is 5.57 Å². The van der Waals surface area contributed by atoms with Crippen molar-refractivity contribution in [3.63, 3.8) is 0 Å². The van der Waals surface area contributed by atoms with E-state index in [1.165, 1.54) is 6.08 Å².